The molecule has 0 amide bonds. The molecule has 0 radical (unpaired) electrons. The van der Waals surface area contributed by atoms with E-state index in [0.29, 0.717) is 19.3 Å². The Hall–Kier alpha value is -1.23. The van der Waals surface area contributed by atoms with Crippen LogP contribution in [0.5, 0.6) is 0 Å². The van der Waals surface area contributed by atoms with E-state index in [-0.39, 0.29) is 11.7 Å². The molecule has 0 spiro atoms. The maximum atomic E-state index is 12.5. The van der Waals surface area contributed by atoms with Crippen molar-refractivity contribution in [1.29, 1.82) is 0 Å². The fraction of sp³-hybridized carbons (Fsp3) is 0.800. The largest absolute Gasteiger partial charge is 0.448 e. The third kappa shape index (κ3) is 1.91. The number of esters is 1. The molecule has 2 bridgehead atoms. The Labute approximate surface area is 118 Å². The SMILES string of the molecule is CC(C)C(=O)[C@@H]1CCC[C@]2(C)C(=O)O[C@@](C)(C2=O)[C@@H]1O. The Morgan fingerprint density at radius 1 is 1.35 bits per heavy atom. The van der Waals surface area contributed by atoms with E-state index in [2.05, 4.69) is 0 Å². The van der Waals surface area contributed by atoms with Crippen molar-refractivity contribution in [3.05, 3.63) is 0 Å². The quantitative estimate of drug-likeness (QED) is 0.609. The summed E-state index contributed by atoms with van der Waals surface area (Å²) < 4.78 is 5.23. The van der Waals surface area contributed by atoms with Crippen LogP contribution in [0, 0.1) is 17.3 Å². The van der Waals surface area contributed by atoms with E-state index in [0.717, 1.165) is 0 Å². The minimum Gasteiger partial charge on any atom is -0.448 e. The number of fused-ring (bicyclic) bond motifs is 2. The van der Waals surface area contributed by atoms with Gasteiger partial charge in [0.05, 0.1) is 0 Å². The van der Waals surface area contributed by atoms with E-state index in [9.17, 15) is 19.5 Å². The lowest BCUT2D eigenvalue weighted by Gasteiger charge is -2.35. The number of hydrogen-bond acceptors (Lipinski definition) is 5. The second-order valence-corrected chi connectivity index (χ2v) is 6.66. The zero-order chi connectivity index (χ0) is 15.3. The number of aliphatic hydroxyl groups excluding tert-OH is 1. The lowest BCUT2D eigenvalue weighted by atomic mass is 9.68. The molecular weight excluding hydrogens is 260 g/mol. The van der Waals surface area contributed by atoms with Gasteiger partial charge < -0.3 is 9.84 Å². The highest BCUT2D eigenvalue weighted by Gasteiger charge is 2.65. The molecule has 2 fully saturated rings. The van der Waals surface area contributed by atoms with E-state index < -0.39 is 34.8 Å². The monoisotopic (exact) mass is 282 g/mol. The maximum Gasteiger partial charge on any atom is 0.320 e. The van der Waals surface area contributed by atoms with E-state index in [4.69, 9.17) is 4.74 Å². The molecule has 112 valence electrons. The van der Waals surface area contributed by atoms with Gasteiger partial charge in [-0.1, -0.05) is 20.3 Å². The van der Waals surface area contributed by atoms with Crippen molar-refractivity contribution in [2.75, 3.05) is 0 Å². The zero-order valence-corrected chi connectivity index (χ0v) is 12.4. The molecule has 5 nitrogen and oxygen atoms in total. The van der Waals surface area contributed by atoms with Gasteiger partial charge in [0, 0.05) is 11.8 Å². The van der Waals surface area contributed by atoms with Crippen LogP contribution in [0.4, 0.5) is 0 Å². The topological polar surface area (TPSA) is 80.7 Å². The first-order chi connectivity index (χ1) is 9.14. The van der Waals surface area contributed by atoms with Crippen LogP contribution in [0.3, 0.4) is 0 Å². The van der Waals surface area contributed by atoms with E-state index in [1.807, 2.05) is 0 Å². The molecule has 1 heterocycles. The zero-order valence-electron chi connectivity index (χ0n) is 12.4. The first-order valence-corrected chi connectivity index (χ1v) is 7.14. The summed E-state index contributed by atoms with van der Waals surface area (Å²) in [6.07, 6.45) is 0.131. The highest BCUT2D eigenvalue weighted by Crippen LogP contribution is 2.46. The van der Waals surface area contributed by atoms with Crippen LogP contribution in [-0.4, -0.2) is 34.3 Å². The lowest BCUT2D eigenvalue weighted by molar-refractivity contribution is -0.168. The molecule has 1 saturated carbocycles. The van der Waals surface area contributed by atoms with Crippen LogP contribution in [0.2, 0.25) is 0 Å². The maximum absolute atomic E-state index is 12.5. The number of hydrogen-bond donors (Lipinski definition) is 1. The second-order valence-electron chi connectivity index (χ2n) is 6.66. The van der Waals surface area contributed by atoms with Crippen molar-refractivity contribution >= 4 is 17.5 Å². The van der Waals surface area contributed by atoms with Crippen molar-refractivity contribution in [2.24, 2.45) is 17.3 Å². The van der Waals surface area contributed by atoms with Gasteiger partial charge in [-0.2, -0.15) is 0 Å². The summed E-state index contributed by atoms with van der Waals surface area (Å²) in [6.45, 7) is 6.53. The van der Waals surface area contributed by atoms with Gasteiger partial charge in [-0.05, 0) is 26.7 Å². The molecule has 5 heteroatoms. The Balaban J connectivity index is 2.42. The van der Waals surface area contributed by atoms with Gasteiger partial charge in [-0.15, -0.1) is 0 Å². The van der Waals surface area contributed by atoms with Crippen LogP contribution >= 0.6 is 0 Å². The molecule has 1 aliphatic carbocycles. The van der Waals surface area contributed by atoms with Gasteiger partial charge in [0.25, 0.3) is 0 Å². The Morgan fingerprint density at radius 2 is 1.95 bits per heavy atom. The Morgan fingerprint density at radius 3 is 2.50 bits per heavy atom. The first kappa shape index (κ1) is 15.2. The number of carbonyl (C=O) groups excluding carboxylic acids is 3. The van der Waals surface area contributed by atoms with Gasteiger partial charge in [0.1, 0.15) is 17.3 Å². The standard InChI is InChI=1S/C15H22O5/c1-8(2)10(16)9-6-5-7-14(3)12(18)15(4,11(9)17)20-13(14)19/h8-9,11,17H,5-7H2,1-4H3/t9-,11+,14-,15+/m0/s1. The average molecular weight is 282 g/mol. The minimum absolute atomic E-state index is 0.0851. The molecule has 4 atom stereocenters. The summed E-state index contributed by atoms with van der Waals surface area (Å²) in [6, 6.07) is 0. The van der Waals surface area contributed by atoms with Gasteiger partial charge in [0.15, 0.2) is 11.4 Å². The summed E-state index contributed by atoms with van der Waals surface area (Å²) in [5, 5.41) is 10.5. The summed E-state index contributed by atoms with van der Waals surface area (Å²) in [4.78, 5) is 36.8. The highest BCUT2D eigenvalue weighted by atomic mass is 16.6. The van der Waals surface area contributed by atoms with E-state index >= 15 is 0 Å². The third-order valence-corrected chi connectivity index (χ3v) is 4.78. The predicted molar refractivity (Wildman–Crippen MR) is 70.8 cm³/mol. The van der Waals surface area contributed by atoms with Crippen LogP contribution < -0.4 is 0 Å². The molecule has 0 unspecified atom stereocenters. The number of carbonyl (C=O) groups is 3. The fourth-order valence-electron chi connectivity index (χ4n) is 3.35. The van der Waals surface area contributed by atoms with Gasteiger partial charge in [-0.25, -0.2) is 0 Å². The van der Waals surface area contributed by atoms with Crippen LogP contribution in [0.1, 0.15) is 47.0 Å². The number of ether oxygens (including phenoxy) is 1. The van der Waals surface area contributed by atoms with Gasteiger partial charge in [0.2, 0.25) is 0 Å². The smallest absolute Gasteiger partial charge is 0.320 e. The summed E-state index contributed by atoms with van der Waals surface area (Å²) >= 11 is 0. The van der Waals surface area contributed by atoms with Crippen molar-refractivity contribution in [3.63, 3.8) is 0 Å². The van der Waals surface area contributed by atoms with Crippen molar-refractivity contribution in [2.45, 2.75) is 58.7 Å². The predicted octanol–water partition coefficient (Wildman–Crippen LogP) is 1.26. The van der Waals surface area contributed by atoms with Gasteiger partial charge >= 0.3 is 5.97 Å². The van der Waals surface area contributed by atoms with Crippen LogP contribution in [0.15, 0.2) is 0 Å². The average Bonchev–Trinajstić information content (AvgIpc) is 2.57. The van der Waals surface area contributed by atoms with Crippen molar-refractivity contribution in [1.82, 2.24) is 0 Å². The number of Topliss-reactive ketones (excluding diaryl/α,β-unsaturated/α-hetero) is 2. The first-order valence-electron chi connectivity index (χ1n) is 7.14. The molecule has 0 aromatic heterocycles. The molecule has 0 aromatic carbocycles. The van der Waals surface area contributed by atoms with Crippen molar-refractivity contribution in [3.8, 4) is 0 Å². The molecule has 2 rings (SSSR count). The molecule has 1 N–H and O–H groups in total. The molecule has 1 aliphatic heterocycles. The number of aliphatic hydroxyl groups is 1. The Bertz CT molecular complexity index is 469. The molecule has 1 saturated heterocycles. The summed E-state index contributed by atoms with van der Waals surface area (Å²) in [7, 11) is 0. The summed E-state index contributed by atoms with van der Waals surface area (Å²) in [5.41, 5.74) is -2.77. The molecule has 2 aliphatic rings. The normalized spacial score (nSPS) is 41.3. The van der Waals surface area contributed by atoms with Crippen LogP contribution in [0.25, 0.3) is 0 Å². The lowest BCUT2D eigenvalue weighted by Crippen LogP contribution is -2.54. The summed E-state index contributed by atoms with van der Waals surface area (Å²) in [5.74, 6) is -1.95. The van der Waals surface area contributed by atoms with Crippen LogP contribution in [-0.2, 0) is 19.1 Å². The molecule has 20 heavy (non-hydrogen) atoms. The molecular formula is C15H22O5. The second kappa shape index (κ2) is 4.65. The highest BCUT2D eigenvalue weighted by molar-refractivity contribution is 6.13. The Kier molecular flexibility index (Phi) is 3.53. The number of ketones is 2. The van der Waals surface area contributed by atoms with Crippen molar-refractivity contribution < 1.29 is 24.2 Å². The third-order valence-electron chi connectivity index (χ3n) is 4.78. The minimum atomic E-state index is -1.60. The fourth-order valence-corrected chi connectivity index (χ4v) is 3.35. The molecule has 0 aromatic rings. The van der Waals surface area contributed by atoms with E-state index in [1.165, 1.54) is 6.92 Å². The van der Waals surface area contributed by atoms with E-state index in [1.54, 1.807) is 20.8 Å². The number of rotatable bonds is 2. The van der Waals surface area contributed by atoms with Gasteiger partial charge in [-0.3, -0.25) is 14.4 Å².